The maximum Gasteiger partial charge on any atom is 0.269 e. The van der Waals surface area contributed by atoms with Gasteiger partial charge >= 0.3 is 0 Å². The van der Waals surface area contributed by atoms with Gasteiger partial charge in [0.15, 0.2) is 14.0 Å². The molecule has 0 bridgehead atoms. The average molecular weight is 322 g/mol. The van der Waals surface area contributed by atoms with Crippen LogP contribution in [0.15, 0.2) is 24.3 Å². The first kappa shape index (κ1) is 16.9. The molecule has 0 aliphatic heterocycles. The van der Waals surface area contributed by atoms with E-state index in [0.29, 0.717) is 0 Å². The minimum atomic E-state index is -3.70. The Bertz CT molecular complexity index is 586. The Kier molecular flexibility index (Phi) is 5.12. The molecule has 0 saturated heterocycles. The zero-order valence-electron chi connectivity index (χ0n) is 11.1. The number of hydrogen-bond donors (Lipinski definition) is 1. The van der Waals surface area contributed by atoms with E-state index in [1.165, 1.54) is 31.2 Å². The second-order valence-corrected chi connectivity index (χ2v) is 7.73. The van der Waals surface area contributed by atoms with Crippen molar-refractivity contribution in [1.82, 2.24) is 0 Å². The molecule has 1 aromatic carbocycles. The molecular formula is C12H16ClNO5S. The maximum atomic E-state index is 12.0. The summed E-state index contributed by atoms with van der Waals surface area (Å²) in [5.41, 5.74) is 0.0837. The van der Waals surface area contributed by atoms with Crippen molar-refractivity contribution >= 4 is 27.1 Å². The van der Waals surface area contributed by atoms with Crippen LogP contribution < -0.4 is 0 Å². The minimum absolute atomic E-state index is 0.0167. The van der Waals surface area contributed by atoms with Gasteiger partial charge in [-0.05, 0) is 24.1 Å². The van der Waals surface area contributed by atoms with Crippen LogP contribution in [0.2, 0.25) is 0 Å². The summed E-state index contributed by atoms with van der Waals surface area (Å²) >= 11 is 6.13. The van der Waals surface area contributed by atoms with E-state index in [1.54, 1.807) is 6.92 Å². The highest BCUT2D eigenvalue weighted by atomic mass is 35.5. The van der Waals surface area contributed by atoms with Gasteiger partial charge in [-0.1, -0.05) is 25.4 Å². The molecule has 8 heteroatoms. The molecule has 0 heterocycles. The van der Waals surface area contributed by atoms with E-state index >= 15 is 0 Å². The summed E-state index contributed by atoms with van der Waals surface area (Å²) in [6.07, 6.45) is -1.44. The van der Waals surface area contributed by atoms with Crippen LogP contribution in [0.1, 0.15) is 31.9 Å². The Labute approximate surface area is 122 Å². The lowest BCUT2D eigenvalue weighted by Crippen LogP contribution is -2.39. The summed E-state index contributed by atoms with van der Waals surface area (Å²) in [6.45, 7) is 3.01. The van der Waals surface area contributed by atoms with E-state index in [4.69, 9.17) is 11.6 Å². The van der Waals surface area contributed by atoms with Gasteiger partial charge in [-0.3, -0.25) is 10.1 Å². The number of halogens is 1. The molecule has 0 spiro atoms. The summed E-state index contributed by atoms with van der Waals surface area (Å²) < 4.78 is 22.2. The van der Waals surface area contributed by atoms with E-state index in [0.717, 1.165) is 0 Å². The number of alkyl halides is 1. The third-order valence-electron chi connectivity index (χ3n) is 3.21. The van der Waals surface area contributed by atoms with E-state index in [9.17, 15) is 23.6 Å². The number of nitro groups is 1. The number of aliphatic hydroxyl groups is 1. The zero-order chi connectivity index (χ0) is 15.6. The van der Waals surface area contributed by atoms with Gasteiger partial charge in [0.05, 0.1) is 4.92 Å². The van der Waals surface area contributed by atoms with E-state index in [1.807, 2.05) is 0 Å². The van der Waals surface area contributed by atoms with Crippen LogP contribution in [-0.2, 0) is 9.84 Å². The first-order valence-corrected chi connectivity index (χ1v) is 8.06. The summed E-state index contributed by atoms with van der Waals surface area (Å²) in [5.74, 6) is -0.200. The highest BCUT2D eigenvalue weighted by Gasteiger charge is 2.46. The second kappa shape index (κ2) is 6.07. The Hall–Kier alpha value is -1.18. The Balaban J connectivity index is 3.21. The Morgan fingerprint density at radius 3 is 2.20 bits per heavy atom. The van der Waals surface area contributed by atoms with Crippen molar-refractivity contribution in [1.29, 1.82) is 0 Å². The van der Waals surface area contributed by atoms with Gasteiger partial charge in [0.25, 0.3) is 5.69 Å². The largest absolute Gasteiger partial charge is 0.385 e. The van der Waals surface area contributed by atoms with Crippen molar-refractivity contribution in [3.05, 3.63) is 39.9 Å². The Morgan fingerprint density at radius 1 is 1.35 bits per heavy atom. The molecule has 0 saturated carbocycles. The number of sulfone groups is 1. The molecule has 0 radical (unpaired) electrons. The zero-order valence-corrected chi connectivity index (χ0v) is 12.7. The minimum Gasteiger partial charge on any atom is -0.385 e. The summed E-state index contributed by atoms with van der Waals surface area (Å²) in [5, 5.41) is 20.8. The maximum absolute atomic E-state index is 12.0. The van der Waals surface area contributed by atoms with Crippen molar-refractivity contribution in [3.63, 3.8) is 0 Å². The standard InChI is InChI=1S/C12H16ClNO5S/c1-3-12(13,20(18,19)4-2)11(15)9-5-7-10(8-6-9)14(16)17/h5-8,11,15H,3-4H2,1-2H3/t11-,12+/m0/s1. The molecule has 1 aromatic rings. The van der Waals surface area contributed by atoms with Crippen molar-refractivity contribution in [3.8, 4) is 0 Å². The predicted octanol–water partition coefficient (Wildman–Crippen LogP) is 2.41. The van der Waals surface area contributed by atoms with Crippen LogP contribution >= 0.6 is 11.6 Å². The van der Waals surface area contributed by atoms with Crippen molar-refractivity contribution in [2.45, 2.75) is 30.6 Å². The molecule has 0 fully saturated rings. The van der Waals surface area contributed by atoms with E-state index in [2.05, 4.69) is 0 Å². The van der Waals surface area contributed by atoms with Crippen LogP contribution in [0.3, 0.4) is 0 Å². The molecule has 0 aromatic heterocycles. The molecule has 0 aliphatic carbocycles. The predicted molar refractivity (Wildman–Crippen MR) is 76.4 cm³/mol. The Morgan fingerprint density at radius 2 is 1.85 bits per heavy atom. The molecule has 2 atom stereocenters. The van der Waals surface area contributed by atoms with Gasteiger partial charge in [-0.2, -0.15) is 0 Å². The van der Waals surface area contributed by atoms with Crippen LogP contribution in [0.25, 0.3) is 0 Å². The average Bonchev–Trinajstić information content (AvgIpc) is 2.45. The summed E-state index contributed by atoms with van der Waals surface area (Å²) in [7, 11) is -3.70. The van der Waals surface area contributed by atoms with Gasteiger partial charge in [0.2, 0.25) is 0 Å². The van der Waals surface area contributed by atoms with Gasteiger partial charge < -0.3 is 5.11 Å². The fourth-order valence-electron chi connectivity index (χ4n) is 1.85. The molecule has 1 N–H and O–H groups in total. The quantitative estimate of drug-likeness (QED) is 0.493. The molecule has 1 rings (SSSR count). The van der Waals surface area contributed by atoms with Crippen molar-refractivity contribution < 1.29 is 18.4 Å². The molecule has 0 unspecified atom stereocenters. The number of benzene rings is 1. The third-order valence-corrected chi connectivity index (χ3v) is 6.69. The number of nitrogens with zero attached hydrogens (tertiary/aromatic N) is 1. The molecule has 112 valence electrons. The molecule has 20 heavy (non-hydrogen) atoms. The summed E-state index contributed by atoms with van der Waals surface area (Å²) in [4.78, 5) is 9.99. The number of non-ortho nitro benzene ring substituents is 1. The SMILES string of the molecule is CC[C@](Cl)([C@@H](O)c1ccc([N+](=O)[O-])cc1)S(=O)(=O)CC. The van der Waals surface area contributed by atoms with Crippen LogP contribution in [0, 0.1) is 10.1 Å². The first-order valence-electron chi connectivity index (χ1n) is 6.03. The molecular weight excluding hydrogens is 306 g/mol. The lowest BCUT2D eigenvalue weighted by Gasteiger charge is -2.30. The highest BCUT2D eigenvalue weighted by Crippen LogP contribution is 2.40. The number of hydrogen-bond acceptors (Lipinski definition) is 5. The lowest BCUT2D eigenvalue weighted by atomic mass is 10.0. The number of nitro benzene ring substituents is 1. The fraction of sp³-hybridized carbons (Fsp3) is 0.500. The van der Waals surface area contributed by atoms with Crippen LogP contribution in [0.4, 0.5) is 5.69 Å². The van der Waals surface area contributed by atoms with Gasteiger partial charge in [0.1, 0.15) is 6.10 Å². The van der Waals surface area contributed by atoms with Crippen molar-refractivity contribution in [2.75, 3.05) is 5.75 Å². The van der Waals surface area contributed by atoms with Gasteiger partial charge in [-0.25, -0.2) is 8.42 Å². The molecule has 0 amide bonds. The van der Waals surface area contributed by atoms with Gasteiger partial charge in [-0.15, -0.1) is 0 Å². The topological polar surface area (TPSA) is 97.5 Å². The van der Waals surface area contributed by atoms with E-state index in [-0.39, 0.29) is 23.4 Å². The fourth-order valence-corrected chi connectivity index (χ4v) is 3.70. The van der Waals surface area contributed by atoms with E-state index < -0.39 is 25.1 Å². The molecule has 0 aliphatic rings. The highest BCUT2D eigenvalue weighted by molar-refractivity contribution is 7.94. The summed E-state index contributed by atoms with van der Waals surface area (Å²) in [6, 6.07) is 5.01. The van der Waals surface area contributed by atoms with Crippen LogP contribution in [-0.4, -0.2) is 28.4 Å². The third kappa shape index (κ3) is 2.94. The second-order valence-electron chi connectivity index (χ2n) is 4.29. The van der Waals surface area contributed by atoms with Crippen molar-refractivity contribution in [2.24, 2.45) is 0 Å². The first-order chi connectivity index (χ1) is 9.19. The molecule has 6 nitrogen and oxygen atoms in total. The number of aliphatic hydroxyl groups excluding tert-OH is 1. The number of rotatable bonds is 6. The normalized spacial score (nSPS) is 16.4. The smallest absolute Gasteiger partial charge is 0.269 e. The lowest BCUT2D eigenvalue weighted by molar-refractivity contribution is -0.384. The van der Waals surface area contributed by atoms with Gasteiger partial charge in [0, 0.05) is 17.9 Å². The van der Waals surface area contributed by atoms with Crippen LogP contribution in [0.5, 0.6) is 0 Å². The monoisotopic (exact) mass is 321 g/mol.